The van der Waals surface area contributed by atoms with E-state index >= 15 is 0 Å². The molecule has 0 saturated heterocycles. The van der Waals surface area contributed by atoms with E-state index in [9.17, 15) is 18.0 Å². The topological polar surface area (TPSA) is 55.6 Å². The van der Waals surface area contributed by atoms with E-state index in [2.05, 4.69) is 0 Å². The van der Waals surface area contributed by atoms with E-state index in [-0.39, 0.29) is 19.7 Å². The second-order valence-electron chi connectivity index (χ2n) is 4.46. The van der Waals surface area contributed by atoms with Gasteiger partial charge in [-0.25, -0.2) is 0 Å². The fourth-order valence-electron chi connectivity index (χ4n) is 1.61. The highest BCUT2D eigenvalue weighted by atomic mass is 19.4. The first-order valence-electron chi connectivity index (χ1n) is 5.87. The van der Waals surface area contributed by atoms with Gasteiger partial charge in [0.25, 0.3) is 0 Å². The first-order chi connectivity index (χ1) is 8.12. The number of nitrogens with zero attached hydrogens (tertiary/aromatic N) is 1. The van der Waals surface area contributed by atoms with Gasteiger partial charge in [0, 0.05) is 6.54 Å². The van der Waals surface area contributed by atoms with Crippen molar-refractivity contribution < 1.29 is 22.7 Å². The van der Waals surface area contributed by atoms with E-state index in [0.717, 1.165) is 4.90 Å². The highest BCUT2D eigenvalue weighted by Gasteiger charge is 2.36. The number of nitrogens with two attached hydrogens (primary N) is 1. The smallest absolute Gasteiger partial charge is 0.401 e. The molecule has 0 radical (unpaired) electrons. The van der Waals surface area contributed by atoms with Crippen LogP contribution in [0.2, 0.25) is 0 Å². The lowest BCUT2D eigenvalue weighted by molar-refractivity contribution is -0.157. The number of alkyl halides is 3. The van der Waals surface area contributed by atoms with Crippen LogP contribution in [0.4, 0.5) is 13.2 Å². The molecule has 0 bridgehead atoms. The molecule has 0 aliphatic rings. The summed E-state index contributed by atoms with van der Waals surface area (Å²) in [7, 11) is 0. The molecule has 0 aromatic rings. The number of carbonyl (C=O) groups is 1. The maximum atomic E-state index is 12.4. The second kappa shape index (κ2) is 6.94. The van der Waals surface area contributed by atoms with Crippen LogP contribution in [-0.4, -0.2) is 48.8 Å². The van der Waals surface area contributed by atoms with E-state index < -0.39 is 24.2 Å². The Hall–Kier alpha value is -0.820. The predicted octanol–water partition coefficient (Wildman–Crippen LogP) is 1.54. The van der Waals surface area contributed by atoms with Gasteiger partial charge < -0.3 is 10.5 Å². The van der Waals surface area contributed by atoms with Crippen LogP contribution >= 0.6 is 0 Å². The predicted molar refractivity (Wildman–Crippen MR) is 62.0 cm³/mol. The summed E-state index contributed by atoms with van der Waals surface area (Å²) in [6.45, 7) is 3.88. The fourth-order valence-corrected chi connectivity index (χ4v) is 1.61. The van der Waals surface area contributed by atoms with Crippen LogP contribution in [0, 0.1) is 0 Å². The summed E-state index contributed by atoms with van der Waals surface area (Å²) in [6.07, 6.45) is -3.76. The fraction of sp³-hybridized carbons (Fsp3) is 0.909. The van der Waals surface area contributed by atoms with Gasteiger partial charge in [-0.05, 0) is 26.8 Å². The molecule has 0 fully saturated rings. The van der Waals surface area contributed by atoms with Crippen LogP contribution in [0.5, 0.6) is 0 Å². The monoisotopic (exact) mass is 270 g/mol. The standard InChI is InChI=1S/C11H21F3N2O2/c1-4-6-16(8-11(12,13)14)7-10(3,15)9(17)18-5-2/h4-8,15H2,1-3H3. The number of hydrogen-bond donors (Lipinski definition) is 1. The molecule has 0 amide bonds. The molecular formula is C11H21F3N2O2. The number of ether oxygens (including phenoxy) is 1. The average Bonchev–Trinajstić information content (AvgIpc) is 2.14. The summed E-state index contributed by atoms with van der Waals surface area (Å²) in [4.78, 5) is 12.6. The molecule has 4 nitrogen and oxygen atoms in total. The van der Waals surface area contributed by atoms with E-state index in [0.29, 0.717) is 6.42 Å². The zero-order valence-electron chi connectivity index (χ0n) is 11.0. The molecule has 0 aliphatic carbocycles. The number of hydrogen-bond acceptors (Lipinski definition) is 4. The van der Waals surface area contributed by atoms with Gasteiger partial charge >= 0.3 is 12.1 Å². The summed E-state index contributed by atoms with van der Waals surface area (Å²) < 4.78 is 41.8. The largest absolute Gasteiger partial charge is 0.465 e. The molecule has 0 heterocycles. The van der Waals surface area contributed by atoms with Crippen LogP contribution in [0.3, 0.4) is 0 Å². The highest BCUT2D eigenvalue weighted by molar-refractivity contribution is 5.80. The van der Waals surface area contributed by atoms with Crippen molar-refractivity contribution in [3.8, 4) is 0 Å². The Kier molecular flexibility index (Phi) is 6.62. The van der Waals surface area contributed by atoms with Crippen LogP contribution in [-0.2, 0) is 9.53 Å². The van der Waals surface area contributed by atoms with E-state index in [4.69, 9.17) is 10.5 Å². The van der Waals surface area contributed by atoms with Crippen molar-refractivity contribution in [3.63, 3.8) is 0 Å². The minimum Gasteiger partial charge on any atom is -0.465 e. The van der Waals surface area contributed by atoms with Crippen LogP contribution < -0.4 is 5.73 Å². The Morgan fingerprint density at radius 1 is 1.28 bits per heavy atom. The average molecular weight is 270 g/mol. The molecule has 1 atom stereocenters. The first-order valence-corrected chi connectivity index (χ1v) is 5.87. The number of rotatable bonds is 7. The van der Waals surface area contributed by atoms with Crippen LogP contribution in [0.25, 0.3) is 0 Å². The normalized spacial score (nSPS) is 15.6. The lowest BCUT2D eigenvalue weighted by Gasteiger charge is -2.31. The van der Waals surface area contributed by atoms with E-state index in [1.54, 1.807) is 13.8 Å². The number of carbonyl (C=O) groups excluding carboxylic acids is 1. The Labute approximate surface area is 105 Å². The number of esters is 1. The Balaban J connectivity index is 4.60. The summed E-state index contributed by atoms with van der Waals surface area (Å²) >= 11 is 0. The molecule has 2 N–H and O–H groups in total. The molecule has 1 unspecified atom stereocenters. The molecule has 7 heteroatoms. The van der Waals surface area contributed by atoms with Crippen molar-refractivity contribution in [1.82, 2.24) is 4.90 Å². The van der Waals surface area contributed by atoms with Crippen molar-refractivity contribution in [1.29, 1.82) is 0 Å². The van der Waals surface area contributed by atoms with Gasteiger partial charge in [0.2, 0.25) is 0 Å². The Morgan fingerprint density at radius 3 is 2.22 bits per heavy atom. The van der Waals surface area contributed by atoms with Crippen molar-refractivity contribution in [2.75, 3.05) is 26.2 Å². The second-order valence-corrected chi connectivity index (χ2v) is 4.46. The molecule has 0 rings (SSSR count). The minimum atomic E-state index is -4.31. The SMILES string of the molecule is CCCN(CC(F)(F)F)CC(C)(N)C(=O)OCC. The van der Waals surface area contributed by atoms with E-state index in [1.165, 1.54) is 6.92 Å². The van der Waals surface area contributed by atoms with Gasteiger partial charge in [0.1, 0.15) is 5.54 Å². The van der Waals surface area contributed by atoms with Gasteiger partial charge in [0.05, 0.1) is 13.2 Å². The third kappa shape index (κ3) is 6.80. The van der Waals surface area contributed by atoms with Crippen molar-refractivity contribution >= 4 is 5.97 Å². The maximum Gasteiger partial charge on any atom is 0.401 e. The lowest BCUT2D eigenvalue weighted by atomic mass is 10.0. The number of halogens is 3. The molecule has 18 heavy (non-hydrogen) atoms. The molecular weight excluding hydrogens is 249 g/mol. The third-order valence-electron chi connectivity index (χ3n) is 2.24. The molecule has 108 valence electrons. The Bertz CT molecular complexity index is 268. The van der Waals surface area contributed by atoms with Crippen molar-refractivity contribution in [3.05, 3.63) is 0 Å². The van der Waals surface area contributed by atoms with Gasteiger partial charge in [-0.2, -0.15) is 13.2 Å². The minimum absolute atomic E-state index is 0.151. The van der Waals surface area contributed by atoms with Crippen molar-refractivity contribution in [2.45, 2.75) is 38.9 Å². The maximum absolute atomic E-state index is 12.4. The van der Waals surface area contributed by atoms with Crippen LogP contribution in [0.15, 0.2) is 0 Å². The van der Waals surface area contributed by atoms with Gasteiger partial charge in [-0.3, -0.25) is 9.69 Å². The summed E-state index contributed by atoms with van der Waals surface area (Å²) in [5.41, 5.74) is 4.28. The molecule has 0 aromatic heterocycles. The van der Waals surface area contributed by atoms with Gasteiger partial charge in [0.15, 0.2) is 0 Å². The lowest BCUT2D eigenvalue weighted by Crippen LogP contribution is -2.56. The summed E-state index contributed by atoms with van der Waals surface area (Å²) in [5, 5.41) is 0. The molecule has 0 saturated carbocycles. The molecule has 0 spiro atoms. The van der Waals surface area contributed by atoms with Crippen LogP contribution in [0.1, 0.15) is 27.2 Å². The molecule has 0 aromatic carbocycles. The van der Waals surface area contributed by atoms with E-state index in [1.807, 2.05) is 0 Å². The zero-order chi connectivity index (χ0) is 14.4. The first kappa shape index (κ1) is 17.2. The highest BCUT2D eigenvalue weighted by Crippen LogP contribution is 2.18. The summed E-state index contributed by atoms with van der Waals surface area (Å²) in [6, 6.07) is 0. The summed E-state index contributed by atoms with van der Waals surface area (Å²) in [5.74, 6) is -0.687. The van der Waals surface area contributed by atoms with Crippen molar-refractivity contribution in [2.24, 2.45) is 5.73 Å². The molecule has 0 aliphatic heterocycles. The van der Waals surface area contributed by atoms with Gasteiger partial charge in [-0.1, -0.05) is 6.92 Å². The third-order valence-corrected chi connectivity index (χ3v) is 2.24. The van der Waals surface area contributed by atoms with Gasteiger partial charge in [-0.15, -0.1) is 0 Å². The quantitative estimate of drug-likeness (QED) is 0.713. The zero-order valence-corrected chi connectivity index (χ0v) is 11.0. The Morgan fingerprint density at radius 2 is 1.83 bits per heavy atom.